The molecule has 0 unspecified atom stereocenters. The summed E-state index contributed by atoms with van der Waals surface area (Å²) in [5, 5.41) is 0. The van der Waals surface area contributed by atoms with E-state index >= 15 is 0 Å². The van der Waals surface area contributed by atoms with E-state index in [0.717, 1.165) is 59.2 Å². The van der Waals surface area contributed by atoms with Crippen LogP contribution in [0.1, 0.15) is 64.2 Å². The van der Waals surface area contributed by atoms with Crippen LogP contribution in [0.15, 0.2) is 0 Å². The van der Waals surface area contributed by atoms with Gasteiger partial charge in [-0.05, 0) is 0 Å². The summed E-state index contributed by atoms with van der Waals surface area (Å²) < 4.78 is 1.92. The van der Waals surface area contributed by atoms with Crippen LogP contribution in [-0.4, -0.2) is 20.0 Å². The maximum absolute atomic E-state index is 3.75. The fourth-order valence-electron chi connectivity index (χ4n) is 9.00. The summed E-state index contributed by atoms with van der Waals surface area (Å²) in [5.41, 5.74) is 0. The van der Waals surface area contributed by atoms with E-state index in [1.165, 1.54) is 0 Å². The van der Waals surface area contributed by atoms with E-state index in [4.69, 9.17) is 0 Å². The van der Waals surface area contributed by atoms with Crippen molar-refractivity contribution in [3.63, 3.8) is 0 Å². The molecule has 8 bridgehead atoms. The molecule has 0 heterocycles. The van der Waals surface area contributed by atoms with Gasteiger partial charge in [0.2, 0.25) is 0 Å². The second kappa shape index (κ2) is 4.72. The van der Waals surface area contributed by atoms with E-state index in [2.05, 4.69) is 15.6 Å². The molecule has 0 aromatic heterocycles. The standard InChI is InChI=1S/C21H30Se/c22-21(19-15-3-11-1-12(5-15)6-16(19)4-11)20-17-7-13-2-14(9-17)10-18(20)8-13/h11-20H,1-10H2. The summed E-state index contributed by atoms with van der Waals surface area (Å²) in [7, 11) is 0. The van der Waals surface area contributed by atoms with Crippen LogP contribution >= 0.6 is 0 Å². The van der Waals surface area contributed by atoms with Gasteiger partial charge in [0, 0.05) is 0 Å². The van der Waals surface area contributed by atoms with Crippen LogP contribution in [0.25, 0.3) is 0 Å². The molecule has 0 aromatic rings. The van der Waals surface area contributed by atoms with Crippen molar-refractivity contribution >= 4 is 20.0 Å². The van der Waals surface area contributed by atoms with Crippen molar-refractivity contribution < 1.29 is 0 Å². The SMILES string of the molecule is [Se]=C(C1C2CC3CC(C2)CC1C3)C1C2CC3CC(C2)CC1C3. The first-order chi connectivity index (χ1) is 10.7. The summed E-state index contributed by atoms with van der Waals surface area (Å²) in [6.07, 6.45) is 15.9. The van der Waals surface area contributed by atoms with Gasteiger partial charge in [0.05, 0.1) is 0 Å². The molecular weight excluding hydrogens is 331 g/mol. The predicted octanol–water partition coefficient (Wildman–Crippen LogP) is 4.47. The van der Waals surface area contributed by atoms with Crippen LogP contribution in [0.3, 0.4) is 0 Å². The number of rotatable bonds is 2. The second-order valence-corrected chi connectivity index (χ2v) is 11.3. The van der Waals surface area contributed by atoms with Crippen molar-refractivity contribution in [1.82, 2.24) is 0 Å². The molecular formula is C21H30Se. The van der Waals surface area contributed by atoms with Crippen LogP contribution in [0, 0.1) is 59.2 Å². The first-order valence-corrected chi connectivity index (χ1v) is 11.1. The van der Waals surface area contributed by atoms with E-state index in [9.17, 15) is 0 Å². The molecule has 0 atom stereocenters. The second-order valence-electron chi connectivity index (χ2n) is 10.3. The molecule has 0 aliphatic heterocycles. The van der Waals surface area contributed by atoms with E-state index < -0.39 is 0 Å². The van der Waals surface area contributed by atoms with Crippen LogP contribution in [0.2, 0.25) is 0 Å². The number of hydrogen-bond acceptors (Lipinski definition) is 0. The summed E-state index contributed by atoms with van der Waals surface area (Å²) >= 11 is 3.75. The average molecular weight is 361 g/mol. The van der Waals surface area contributed by atoms with Gasteiger partial charge < -0.3 is 0 Å². The van der Waals surface area contributed by atoms with E-state index in [1.54, 1.807) is 64.2 Å². The van der Waals surface area contributed by atoms with Gasteiger partial charge in [-0.2, -0.15) is 0 Å². The molecule has 0 spiro atoms. The molecule has 120 valence electrons. The molecule has 0 radical (unpaired) electrons. The molecule has 0 amide bonds. The molecule has 0 aromatic carbocycles. The topological polar surface area (TPSA) is 0 Å². The Labute approximate surface area is 143 Å². The summed E-state index contributed by atoms with van der Waals surface area (Å²) in [4.78, 5) is 0. The Balaban J connectivity index is 1.29. The Kier molecular flexibility index (Phi) is 2.93. The van der Waals surface area contributed by atoms with Gasteiger partial charge >= 0.3 is 143 Å². The van der Waals surface area contributed by atoms with Crippen molar-refractivity contribution in [3.8, 4) is 0 Å². The van der Waals surface area contributed by atoms with Crippen molar-refractivity contribution in [2.45, 2.75) is 64.2 Å². The third-order valence-electron chi connectivity index (χ3n) is 9.11. The zero-order chi connectivity index (χ0) is 14.4. The van der Waals surface area contributed by atoms with Gasteiger partial charge in [-0.25, -0.2) is 0 Å². The molecule has 8 rings (SSSR count). The van der Waals surface area contributed by atoms with Gasteiger partial charge in [-0.1, -0.05) is 0 Å². The normalized spacial score (nSPS) is 60.9. The van der Waals surface area contributed by atoms with Crippen LogP contribution in [0.4, 0.5) is 0 Å². The molecule has 0 nitrogen and oxygen atoms in total. The van der Waals surface area contributed by atoms with Gasteiger partial charge in [0.1, 0.15) is 0 Å². The maximum atomic E-state index is 3.75. The van der Waals surface area contributed by atoms with Gasteiger partial charge in [0.25, 0.3) is 0 Å². The quantitative estimate of drug-likeness (QED) is 0.637. The Hall–Kier alpha value is 0.389. The minimum absolute atomic E-state index is 1.01. The fourth-order valence-corrected chi connectivity index (χ4v) is 10.6. The van der Waals surface area contributed by atoms with Crippen LogP contribution in [0.5, 0.6) is 0 Å². The monoisotopic (exact) mass is 362 g/mol. The molecule has 8 aliphatic carbocycles. The molecule has 0 saturated heterocycles. The summed E-state index contributed by atoms with van der Waals surface area (Å²) in [6, 6.07) is 0. The minimum atomic E-state index is 1.01. The Bertz CT molecular complexity index is 406. The van der Waals surface area contributed by atoms with Gasteiger partial charge in [-0.15, -0.1) is 0 Å². The molecule has 8 fully saturated rings. The third kappa shape index (κ3) is 1.85. The third-order valence-corrected chi connectivity index (χ3v) is 10.3. The summed E-state index contributed by atoms with van der Waals surface area (Å²) in [6.45, 7) is 0. The van der Waals surface area contributed by atoms with E-state index in [0.29, 0.717) is 0 Å². The molecule has 8 saturated carbocycles. The Morgan fingerprint density at radius 3 is 1.00 bits per heavy atom. The Morgan fingerprint density at radius 1 is 0.455 bits per heavy atom. The number of hydrogen-bond donors (Lipinski definition) is 0. The van der Waals surface area contributed by atoms with Crippen molar-refractivity contribution in [1.29, 1.82) is 0 Å². The van der Waals surface area contributed by atoms with Crippen molar-refractivity contribution in [2.75, 3.05) is 0 Å². The van der Waals surface area contributed by atoms with Gasteiger partial charge in [-0.3, -0.25) is 0 Å². The zero-order valence-electron chi connectivity index (χ0n) is 13.8. The first-order valence-electron chi connectivity index (χ1n) is 10.3. The predicted molar refractivity (Wildman–Crippen MR) is 91.8 cm³/mol. The van der Waals surface area contributed by atoms with Gasteiger partial charge in [0.15, 0.2) is 0 Å². The Morgan fingerprint density at radius 2 is 0.727 bits per heavy atom. The fraction of sp³-hybridized carbons (Fsp3) is 0.952. The summed E-state index contributed by atoms with van der Waals surface area (Å²) in [5.74, 6) is 10.9. The van der Waals surface area contributed by atoms with Crippen molar-refractivity contribution in [3.05, 3.63) is 0 Å². The molecule has 1 heteroatoms. The molecule has 22 heavy (non-hydrogen) atoms. The van der Waals surface area contributed by atoms with Crippen molar-refractivity contribution in [2.24, 2.45) is 59.2 Å². The molecule has 8 aliphatic rings. The van der Waals surface area contributed by atoms with E-state index in [-0.39, 0.29) is 0 Å². The first kappa shape index (κ1) is 13.7. The van der Waals surface area contributed by atoms with Crippen LogP contribution < -0.4 is 0 Å². The zero-order valence-corrected chi connectivity index (χ0v) is 15.5. The van der Waals surface area contributed by atoms with Crippen LogP contribution in [-0.2, 0) is 0 Å². The molecule has 0 N–H and O–H groups in total. The average Bonchev–Trinajstić information content (AvgIpc) is 2.44. The van der Waals surface area contributed by atoms with E-state index in [1.807, 2.05) is 4.42 Å².